The molecule has 1 saturated heterocycles. The van der Waals surface area contributed by atoms with Gasteiger partial charge in [0.1, 0.15) is 23.0 Å². The van der Waals surface area contributed by atoms with Gasteiger partial charge in [0.15, 0.2) is 0 Å². The van der Waals surface area contributed by atoms with Gasteiger partial charge >= 0.3 is 6.09 Å². The molecule has 0 spiro atoms. The van der Waals surface area contributed by atoms with Crippen LogP contribution in [-0.2, 0) is 37.0 Å². The van der Waals surface area contributed by atoms with Gasteiger partial charge < -0.3 is 42.8 Å². The normalized spacial score (nSPS) is 15.8. The fourth-order valence-corrected chi connectivity index (χ4v) is 5.77. The number of likely N-dealkylation sites (tertiary alicyclic amines) is 1. The third-order valence-electron chi connectivity index (χ3n) is 8.40. The largest absolute Gasteiger partial charge is 0.497 e. The molecule has 0 bridgehead atoms. The molecule has 52 heavy (non-hydrogen) atoms. The standard InChI is InChI=1S/C38H52N2O12/c1-44-17-6-19-49-34-24-29(23-33(25-34)45-2)27-51-37-26-39(38(41)50-21-8-22-52-40(42)43)16-15-35(37)30-11-13-32(14-12-30)48-20-7-18-47-28-31-9-4-5-10-36(31)46-3/h4-5,9-14,23-25,35,37,42-43H,6-8,15-22,26-28H2,1-3H3/t35-,37?/m1/s1. The summed E-state index contributed by atoms with van der Waals surface area (Å²) in [7, 11) is 4.92. The van der Waals surface area contributed by atoms with E-state index in [1.165, 1.54) is 0 Å². The molecule has 0 aromatic heterocycles. The Kier molecular flexibility index (Phi) is 17.7. The van der Waals surface area contributed by atoms with Crippen molar-refractivity contribution in [3.63, 3.8) is 0 Å². The minimum Gasteiger partial charge on any atom is -0.497 e. The smallest absolute Gasteiger partial charge is 0.409 e. The second-order valence-electron chi connectivity index (χ2n) is 12.1. The predicted octanol–water partition coefficient (Wildman–Crippen LogP) is 6.02. The molecule has 3 aromatic carbocycles. The number of carbonyl (C=O) groups is 1. The van der Waals surface area contributed by atoms with Gasteiger partial charge in [-0.15, -0.1) is 0 Å². The molecule has 4 rings (SSSR count). The number of para-hydroxylation sites is 1. The molecular weight excluding hydrogens is 676 g/mol. The first kappa shape index (κ1) is 40.6. The molecule has 2 atom stereocenters. The molecule has 14 heteroatoms. The lowest BCUT2D eigenvalue weighted by Crippen LogP contribution is -2.47. The van der Waals surface area contributed by atoms with E-state index in [9.17, 15) is 4.79 Å². The van der Waals surface area contributed by atoms with E-state index >= 15 is 0 Å². The Morgan fingerprint density at radius 2 is 1.52 bits per heavy atom. The summed E-state index contributed by atoms with van der Waals surface area (Å²) in [6.45, 7) is 3.76. The number of hydrogen-bond donors (Lipinski definition) is 2. The van der Waals surface area contributed by atoms with E-state index in [4.69, 9.17) is 48.3 Å². The summed E-state index contributed by atoms with van der Waals surface area (Å²) in [5, 5.41) is 17.0. The molecule has 1 unspecified atom stereocenters. The van der Waals surface area contributed by atoms with Crippen LogP contribution in [0.4, 0.5) is 4.79 Å². The zero-order valence-corrected chi connectivity index (χ0v) is 30.3. The molecule has 1 aliphatic rings. The number of hydrogen-bond acceptors (Lipinski definition) is 13. The van der Waals surface area contributed by atoms with Crippen LogP contribution < -0.4 is 18.9 Å². The third kappa shape index (κ3) is 13.8. The molecule has 1 aliphatic heterocycles. The van der Waals surface area contributed by atoms with Crippen LogP contribution >= 0.6 is 0 Å². The Balaban J connectivity index is 1.34. The van der Waals surface area contributed by atoms with Gasteiger partial charge in [-0.25, -0.2) is 4.79 Å². The Labute approximate surface area is 305 Å². The summed E-state index contributed by atoms with van der Waals surface area (Å²) in [5.74, 6) is 2.90. The second kappa shape index (κ2) is 22.7. The molecule has 0 aliphatic carbocycles. The van der Waals surface area contributed by atoms with Crippen molar-refractivity contribution in [2.24, 2.45) is 0 Å². The van der Waals surface area contributed by atoms with Gasteiger partial charge in [-0.3, -0.25) is 15.3 Å². The maximum atomic E-state index is 13.0. The first-order valence-corrected chi connectivity index (χ1v) is 17.5. The maximum absolute atomic E-state index is 13.0. The van der Waals surface area contributed by atoms with E-state index in [0.717, 1.165) is 41.0 Å². The number of benzene rings is 3. The second-order valence-corrected chi connectivity index (χ2v) is 12.1. The van der Waals surface area contributed by atoms with Crippen LogP contribution in [0.2, 0.25) is 0 Å². The van der Waals surface area contributed by atoms with Crippen molar-refractivity contribution < 1.29 is 57.9 Å². The number of rotatable bonds is 23. The highest BCUT2D eigenvalue weighted by Crippen LogP contribution is 2.33. The molecule has 1 amide bonds. The van der Waals surface area contributed by atoms with Gasteiger partial charge in [0, 0.05) is 57.1 Å². The van der Waals surface area contributed by atoms with Crippen LogP contribution in [0.15, 0.2) is 66.7 Å². The van der Waals surface area contributed by atoms with Crippen molar-refractivity contribution >= 4 is 6.09 Å². The Bertz CT molecular complexity index is 1460. The van der Waals surface area contributed by atoms with Gasteiger partial charge in [0.2, 0.25) is 0 Å². The summed E-state index contributed by atoms with van der Waals surface area (Å²) >= 11 is 0. The van der Waals surface area contributed by atoms with E-state index in [2.05, 4.69) is 4.84 Å². The lowest BCUT2D eigenvalue weighted by atomic mass is 9.87. The SMILES string of the molecule is COCCCOc1cc(COC2CN(C(=O)OCCCON(O)O)CC[C@@H]2c2ccc(OCCCOCc3ccccc3OC)cc2)cc(OC)c1. The number of amides is 1. The first-order valence-electron chi connectivity index (χ1n) is 17.5. The molecule has 1 heterocycles. The highest BCUT2D eigenvalue weighted by atomic mass is 17.1. The van der Waals surface area contributed by atoms with Gasteiger partial charge in [0.25, 0.3) is 0 Å². The highest BCUT2D eigenvalue weighted by Gasteiger charge is 2.34. The summed E-state index contributed by atoms with van der Waals surface area (Å²) in [6.07, 6.45) is 1.62. The average Bonchev–Trinajstić information content (AvgIpc) is 3.17. The zero-order chi connectivity index (χ0) is 37.0. The minimum absolute atomic E-state index is 0.00495. The van der Waals surface area contributed by atoms with Crippen LogP contribution in [0.3, 0.4) is 0 Å². The van der Waals surface area contributed by atoms with E-state index < -0.39 is 6.09 Å². The topological polar surface area (TPSA) is 147 Å². The van der Waals surface area contributed by atoms with Crippen LogP contribution in [0.1, 0.15) is 48.3 Å². The van der Waals surface area contributed by atoms with Crippen molar-refractivity contribution in [2.75, 3.05) is 74.1 Å². The summed E-state index contributed by atoms with van der Waals surface area (Å²) < 4.78 is 45.7. The van der Waals surface area contributed by atoms with Crippen molar-refractivity contribution in [1.82, 2.24) is 10.3 Å². The zero-order valence-electron chi connectivity index (χ0n) is 30.3. The number of piperidine rings is 1. The number of carbonyl (C=O) groups excluding carboxylic acids is 1. The van der Waals surface area contributed by atoms with Crippen LogP contribution in [0.5, 0.6) is 23.0 Å². The molecule has 2 N–H and O–H groups in total. The average molecular weight is 729 g/mol. The number of nitrogens with zero attached hydrogens (tertiary/aromatic N) is 2. The van der Waals surface area contributed by atoms with Crippen molar-refractivity contribution in [1.29, 1.82) is 0 Å². The molecule has 14 nitrogen and oxygen atoms in total. The Morgan fingerprint density at radius 1 is 0.788 bits per heavy atom. The van der Waals surface area contributed by atoms with Crippen molar-refractivity contribution in [2.45, 2.75) is 50.9 Å². The van der Waals surface area contributed by atoms with Crippen LogP contribution in [0, 0.1) is 0 Å². The van der Waals surface area contributed by atoms with Gasteiger partial charge in [-0.2, -0.15) is 0 Å². The number of ether oxygens (including phenoxy) is 8. The Morgan fingerprint density at radius 3 is 2.27 bits per heavy atom. The molecule has 3 aromatic rings. The fourth-order valence-electron chi connectivity index (χ4n) is 5.77. The molecule has 1 fully saturated rings. The molecule has 286 valence electrons. The van der Waals surface area contributed by atoms with Crippen LogP contribution in [-0.4, -0.2) is 107 Å². The number of methoxy groups -OCH3 is 3. The minimum atomic E-state index is -0.472. The monoisotopic (exact) mass is 728 g/mol. The molecule has 0 radical (unpaired) electrons. The lowest BCUT2D eigenvalue weighted by molar-refractivity contribution is -0.492. The lowest BCUT2D eigenvalue weighted by Gasteiger charge is -2.38. The molecule has 0 saturated carbocycles. The van der Waals surface area contributed by atoms with E-state index in [1.54, 1.807) is 26.2 Å². The molecular formula is C38H52N2O12. The van der Waals surface area contributed by atoms with Crippen molar-refractivity contribution in [3.05, 3.63) is 83.4 Å². The highest BCUT2D eigenvalue weighted by molar-refractivity contribution is 5.67. The van der Waals surface area contributed by atoms with E-state index in [0.29, 0.717) is 64.0 Å². The van der Waals surface area contributed by atoms with Gasteiger partial charge in [-0.1, -0.05) is 30.3 Å². The fraction of sp³-hybridized carbons (Fsp3) is 0.500. The van der Waals surface area contributed by atoms with Crippen LogP contribution in [0.25, 0.3) is 0 Å². The summed E-state index contributed by atoms with van der Waals surface area (Å²) in [6, 6.07) is 21.5. The summed E-state index contributed by atoms with van der Waals surface area (Å²) in [5.41, 5.74) is 2.96. The van der Waals surface area contributed by atoms with E-state index in [-0.39, 0.29) is 43.7 Å². The van der Waals surface area contributed by atoms with Gasteiger partial charge in [-0.05, 0) is 47.9 Å². The summed E-state index contributed by atoms with van der Waals surface area (Å²) in [4.78, 5) is 19.1. The van der Waals surface area contributed by atoms with Crippen molar-refractivity contribution in [3.8, 4) is 23.0 Å². The third-order valence-corrected chi connectivity index (χ3v) is 8.40. The van der Waals surface area contributed by atoms with Gasteiger partial charge in [0.05, 0.1) is 78.5 Å². The Hall–Kier alpha value is -4.15. The first-order chi connectivity index (χ1) is 25.4. The maximum Gasteiger partial charge on any atom is 0.409 e. The van der Waals surface area contributed by atoms with E-state index in [1.807, 2.05) is 66.7 Å². The quantitative estimate of drug-likeness (QED) is 0.0868. The predicted molar refractivity (Wildman–Crippen MR) is 189 cm³/mol.